The summed E-state index contributed by atoms with van der Waals surface area (Å²) in [7, 11) is 0. The highest BCUT2D eigenvalue weighted by Crippen LogP contribution is 2.60. The molecular formula is C29H36N2O. The van der Waals surface area contributed by atoms with Gasteiger partial charge in [0.25, 0.3) is 0 Å². The molecule has 3 heteroatoms. The number of nitrogens with zero attached hydrogens (tertiary/aromatic N) is 1. The maximum absolute atomic E-state index is 7.30. The largest absolute Gasteiger partial charge is 0.357 e. The number of anilines is 1. The number of rotatable bonds is 6. The second-order valence-corrected chi connectivity index (χ2v) is 10.6. The first-order chi connectivity index (χ1) is 15.7. The first-order valence-electron chi connectivity index (χ1n) is 12.7. The lowest BCUT2D eigenvalue weighted by Gasteiger charge is -2.53. The van der Waals surface area contributed by atoms with E-state index in [2.05, 4.69) is 84.4 Å². The molecule has 0 saturated carbocycles. The Morgan fingerprint density at radius 2 is 1.97 bits per heavy atom. The third-order valence-electron chi connectivity index (χ3n) is 8.90. The van der Waals surface area contributed by atoms with Gasteiger partial charge in [-0.05, 0) is 61.3 Å². The molecule has 32 heavy (non-hydrogen) atoms. The fourth-order valence-electron chi connectivity index (χ4n) is 7.41. The molecule has 3 nitrogen and oxygen atoms in total. The van der Waals surface area contributed by atoms with Crippen LogP contribution in [-0.4, -0.2) is 35.9 Å². The summed E-state index contributed by atoms with van der Waals surface area (Å²) >= 11 is 0. The summed E-state index contributed by atoms with van der Waals surface area (Å²) in [5.74, 6) is 1.38. The van der Waals surface area contributed by atoms with Crippen LogP contribution in [0.2, 0.25) is 0 Å². The van der Waals surface area contributed by atoms with Gasteiger partial charge in [0.05, 0.1) is 11.5 Å². The van der Waals surface area contributed by atoms with Crippen LogP contribution in [0.3, 0.4) is 0 Å². The average molecular weight is 429 g/mol. The molecule has 5 heterocycles. The van der Waals surface area contributed by atoms with E-state index in [0.29, 0.717) is 12.0 Å². The molecule has 1 N–H and O–H groups in total. The summed E-state index contributed by atoms with van der Waals surface area (Å²) in [6.45, 7) is 8.77. The molecule has 7 atom stereocenters. The van der Waals surface area contributed by atoms with Gasteiger partial charge in [0, 0.05) is 24.7 Å². The van der Waals surface area contributed by atoms with Crippen LogP contribution in [-0.2, 0) is 10.2 Å². The molecule has 4 fully saturated rings. The van der Waals surface area contributed by atoms with E-state index in [9.17, 15) is 0 Å². The zero-order chi connectivity index (χ0) is 21.8. The van der Waals surface area contributed by atoms with Crippen molar-refractivity contribution in [2.24, 2.45) is 11.8 Å². The maximum Gasteiger partial charge on any atom is 0.140 e. The van der Waals surface area contributed by atoms with Crippen LogP contribution in [0.25, 0.3) is 0 Å². The van der Waals surface area contributed by atoms with Gasteiger partial charge >= 0.3 is 0 Å². The molecule has 2 aromatic rings. The number of hydrogen-bond donors (Lipinski definition) is 1. The zero-order valence-electron chi connectivity index (χ0n) is 19.3. The molecule has 0 spiro atoms. The molecule has 168 valence electrons. The third-order valence-corrected chi connectivity index (χ3v) is 8.90. The number of unbranched alkanes of at least 4 members (excludes halogenated alkanes) is 1. The van der Waals surface area contributed by atoms with Crippen molar-refractivity contribution in [2.75, 3.05) is 18.4 Å². The van der Waals surface area contributed by atoms with Crippen LogP contribution in [0.4, 0.5) is 5.69 Å². The van der Waals surface area contributed by atoms with E-state index >= 15 is 0 Å². The van der Waals surface area contributed by atoms with E-state index in [0.717, 1.165) is 25.3 Å². The molecule has 5 aliphatic heterocycles. The highest BCUT2D eigenvalue weighted by molar-refractivity contribution is 5.64. The standard InChI is InChI=1S/C29H36N2O/c1-3-5-16-28-20-29(23-11-7-6-8-12-23,24-13-9-10-14-25(24)30-28)27(32-28)26-18-22-15-17-31(26)19-21(22)4-2/h4,6-14,21-22,26-27,30H,2-3,5,15-20H2,1H3/t21-,22-,26+,27+,28+,29+/m0/s1. The quantitative estimate of drug-likeness (QED) is 0.574. The summed E-state index contributed by atoms with van der Waals surface area (Å²) in [5.41, 5.74) is 3.72. The SMILES string of the molecule is C=C[C@H]1CN2CC[C@H]1C[C@@H]2[C@H]1O[C@]2(CCCC)C[C@@]1(c1ccccc1)c1ccccc1N2. The van der Waals surface area contributed by atoms with Crippen molar-refractivity contribution in [3.8, 4) is 0 Å². The minimum Gasteiger partial charge on any atom is -0.357 e. The number of piperidine rings is 3. The monoisotopic (exact) mass is 428 g/mol. The van der Waals surface area contributed by atoms with E-state index in [1.807, 2.05) is 0 Å². The first-order valence-corrected chi connectivity index (χ1v) is 12.7. The number of hydrogen-bond acceptors (Lipinski definition) is 3. The number of nitrogens with one attached hydrogen (secondary N) is 1. The van der Waals surface area contributed by atoms with Crippen LogP contribution in [0.1, 0.15) is 56.6 Å². The molecular weight excluding hydrogens is 392 g/mol. The Balaban J connectivity index is 1.50. The number of ether oxygens (including phenoxy) is 1. The van der Waals surface area contributed by atoms with Crippen molar-refractivity contribution in [1.29, 1.82) is 0 Å². The van der Waals surface area contributed by atoms with Gasteiger partial charge < -0.3 is 10.1 Å². The maximum atomic E-state index is 7.30. The molecule has 1 unspecified atom stereocenters. The van der Waals surface area contributed by atoms with Gasteiger partial charge in [-0.1, -0.05) is 68.0 Å². The molecule has 0 amide bonds. The van der Waals surface area contributed by atoms with Crippen molar-refractivity contribution >= 4 is 5.69 Å². The Hall–Kier alpha value is -2.10. The van der Waals surface area contributed by atoms with Crippen molar-refractivity contribution in [3.63, 3.8) is 0 Å². The lowest BCUT2D eigenvalue weighted by atomic mass is 9.61. The Labute approximate surface area is 192 Å². The van der Waals surface area contributed by atoms with Crippen LogP contribution in [0.15, 0.2) is 67.3 Å². The lowest BCUT2D eigenvalue weighted by Crippen LogP contribution is -2.60. The summed E-state index contributed by atoms with van der Waals surface area (Å²) in [6, 6.07) is 20.7. The summed E-state index contributed by atoms with van der Waals surface area (Å²) in [5, 5.41) is 3.91. The fraction of sp³-hybridized carbons (Fsp3) is 0.517. The van der Waals surface area contributed by atoms with Crippen LogP contribution in [0.5, 0.6) is 0 Å². The molecule has 4 bridgehead atoms. The van der Waals surface area contributed by atoms with Crippen molar-refractivity contribution in [1.82, 2.24) is 4.90 Å². The summed E-state index contributed by atoms with van der Waals surface area (Å²) < 4.78 is 7.30. The number of para-hydroxylation sites is 1. The Kier molecular flexibility index (Phi) is 4.96. The van der Waals surface area contributed by atoms with E-state index in [1.165, 1.54) is 49.0 Å². The minimum atomic E-state index is -0.277. The lowest BCUT2D eigenvalue weighted by molar-refractivity contribution is -0.104. The normalized spacial score (nSPS) is 39.3. The highest BCUT2D eigenvalue weighted by atomic mass is 16.5. The molecule has 2 aromatic carbocycles. The topological polar surface area (TPSA) is 24.5 Å². The Bertz CT molecular complexity index is 990. The van der Waals surface area contributed by atoms with E-state index in [4.69, 9.17) is 4.74 Å². The van der Waals surface area contributed by atoms with Gasteiger partial charge in [-0.25, -0.2) is 0 Å². The van der Waals surface area contributed by atoms with E-state index in [-0.39, 0.29) is 17.2 Å². The first kappa shape index (κ1) is 20.5. The predicted octanol–water partition coefficient (Wildman–Crippen LogP) is 5.97. The molecule has 0 aliphatic carbocycles. The molecule has 5 aliphatic rings. The smallest absolute Gasteiger partial charge is 0.140 e. The van der Waals surface area contributed by atoms with Crippen molar-refractivity contribution in [2.45, 2.75) is 68.7 Å². The van der Waals surface area contributed by atoms with Crippen LogP contribution < -0.4 is 5.32 Å². The number of fused-ring (bicyclic) bond motifs is 7. The minimum absolute atomic E-state index is 0.108. The third kappa shape index (κ3) is 2.94. The fourth-order valence-corrected chi connectivity index (χ4v) is 7.41. The molecule has 7 rings (SSSR count). The summed E-state index contributed by atoms with van der Waals surface area (Å²) in [4.78, 5) is 2.73. The van der Waals surface area contributed by atoms with Crippen molar-refractivity contribution < 1.29 is 4.74 Å². The van der Waals surface area contributed by atoms with Crippen molar-refractivity contribution in [3.05, 3.63) is 78.4 Å². The molecule has 0 aromatic heterocycles. The van der Waals surface area contributed by atoms with E-state index < -0.39 is 0 Å². The van der Waals surface area contributed by atoms with Gasteiger partial charge in [0.15, 0.2) is 0 Å². The summed E-state index contributed by atoms with van der Waals surface area (Å²) in [6.07, 6.45) is 9.34. The molecule has 0 radical (unpaired) electrons. The van der Waals surface area contributed by atoms with Gasteiger partial charge in [0.1, 0.15) is 5.72 Å². The number of benzene rings is 2. The van der Waals surface area contributed by atoms with Crippen LogP contribution >= 0.6 is 0 Å². The van der Waals surface area contributed by atoms with Gasteiger partial charge in [-0.15, -0.1) is 6.58 Å². The molecule has 4 saturated heterocycles. The Morgan fingerprint density at radius 1 is 1.16 bits per heavy atom. The van der Waals surface area contributed by atoms with Crippen LogP contribution in [0, 0.1) is 11.8 Å². The zero-order valence-corrected chi connectivity index (χ0v) is 19.3. The Morgan fingerprint density at radius 3 is 2.72 bits per heavy atom. The van der Waals surface area contributed by atoms with Gasteiger partial charge in [-0.2, -0.15) is 0 Å². The average Bonchev–Trinajstić information content (AvgIpc) is 3.14. The highest BCUT2D eigenvalue weighted by Gasteiger charge is 2.64. The van der Waals surface area contributed by atoms with Gasteiger partial charge in [0.2, 0.25) is 0 Å². The van der Waals surface area contributed by atoms with Gasteiger partial charge in [-0.3, -0.25) is 4.90 Å². The van der Waals surface area contributed by atoms with E-state index in [1.54, 1.807) is 0 Å². The second-order valence-electron chi connectivity index (χ2n) is 10.6. The second kappa shape index (κ2) is 7.74. The predicted molar refractivity (Wildman–Crippen MR) is 131 cm³/mol.